The molecule has 0 aliphatic rings. The van der Waals surface area contributed by atoms with Crippen LogP contribution in [0, 0.1) is 15.9 Å². The van der Waals surface area contributed by atoms with E-state index in [1.807, 2.05) is 0 Å². The second-order valence-corrected chi connectivity index (χ2v) is 3.24. The number of rotatable bonds is 3. The number of nitrogens with zero attached hydrogens (tertiary/aromatic N) is 1. The van der Waals surface area contributed by atoms with Crippen LogP contribution in [0.4, 0.5) is 10.1 Å². The number of carbonyl (C=O) groups is 1. The zero-order valence-corrected chi connectivity index (χ0v) is 8.42. The summed E-state index contributed by atoms with van der Waals surface area (Å²) in [6.45, 7) is 0. The van der Waals surface area contributed by atoms with Crippen molar-refractivity contribution in [1.29, 1.82) is 0 Å². The van der Waals surface area contributed by atoms with E-state index in [2.05, 4.69) is 0 Å². The lowest BCUT2D eigenvalue weighted by atomic mass is 10.1. The molecule has 0 N–H and O–H groups in total. The van der Waals surface area contributed by atoms with Crippen LogP contribution in [-0.2, 0) is 0 Å². The molecule has 0 aliphatic heterocycles. The van der Waals surface area contributed by atoms with Gasteiger partial charge in [0.05, 0.1) is 16.6 Å². The summed E-state index contributed by atoms with van der Waals surface area (Å²) in [5.74, 6) is -0.500. The molecule has 1 aromatic carbocycles. The highest BCUT2D eigenvalue weighted by molar-refractivity contribution is 5.75. The summed E-state index contributed by atoms with van der Waals surface area (Å²) in [6.07, 6.45) is 0.485. The Kier molecular flexibility index (Phi) is 2.70. The van der Waals surface area contributed by atoms with Gasteiger partial charge < -0.3 is 4.42 Å². The molecule has 0 bridgehead atoms. The van der Waals surface area contributed by atoms with Crippen LogP contribution in [0.3, 0.4) is 0 Å². The molecule has 0 saturated heterocycles. The molecule has 1 heterocycles. The Balaban J connectivity index is 2.58. The van der Waals surface area contributed by atoms with E-state index in [9.17, 15) is 19.3 Å². The molecule has 0 radical (unpaired) electrons. The highest BCUT2D eigenvalue weighted by Crippen LogP contribution is 2.31. The molecule has 2 rings (SSSR count). The minimum Gasteiger partial charge on any atom is -0.453 e. The largest absolute Gasteiger partial charge is 0.453 e. The highest BCUT2D eigenvalue weighted by atomic mass is 19.1. The molecule has 1 aromatic heterocycles. The van der Waals surface area contributed by atoms with Gasteiger partial charge in [0, 0.05) is 0 Å². The number of furan rings is 1. The van der Waals surface area contributed by atoms with Crippen LogP contribution in [0.2, 0.25) is 0 Å². The molecule has 86 valence electrons. The molecule has 2 aromatic rings. The molecule has 0 unspecified atom stereocenters. The fourth-order valence-corrected chi connectivity index (χ4v) is 1.43. The number of aldehydes is 1. The van der Waals surface area contributed by atoms with E-state index in [1.54, 1.807) is 0 Å². The van der Waals surface area contributed by atoms with E-state index < -0.39 is 16.4 Å². The third-order valence-electron chi connectivity index (χ3n) is 2.16. The van der Waals surface area contributed by atoms with Crippen molar-refractivity contribution in [3.05, 3.63) is 52.0 Å². The first-order valence-electron chi connectivity index (χ1n) is 4.61. The van der Waals surface area contributed by atoms with Crippen molar-refractivity contribution in [2.45, 2.75) is 0 Å². The lowest BCUT2D eigenvalue weighted by Gasteiger charge is -1.99. The minimum absolute atomic E-state index is 0.0543. The van der Waals surface area contributed by atoms with Crippen molar-refractivity contribution in [1.82, 2.24) is 0 Å². The van der Waals surface area contributed by atoms with Crippen LogP contribution < -0.4 is 0 Å². The maximum atomic E-state index is 12.9. The Labute approximate surface area is 94.6 Å². The third-order valence-corrected chi connectivity index (χ3v) is 2.16. The summed E-state index contributed by atoms with van der Waals surface area (Å²) in [5, 5.41) is 10.8. The first kappa shape index (κ1) is 11.0. The van der Waals surface area contributed by atoms with Crippen LogP contribution in [0.5, 0.6) is 0 Å². The average Bonchev–Trinajstić information content (AvgIpc) is 2.77. The van der Waals surface area contributed by atoms with Crippen molar-refractivity contribution in [2.24, 2.45) is 0 Å². The first-order chi connectivity index (χ1) is 8.11. The Hall–Kier alpha value is -2.50. The summed E-state index contributed by atoms with van der Waals surface area (Å²) in [6, 6.07) is 5.93. The van der Waals surface area contributed by atoms with E-state index >= 15 is 0 Å². The second kappa shape index (κ2) is 4.17. The fourth-order valence-electron chi connectivity index (χ4n) is 1.43. The van der Waals surface area contributed by atoms with Gasteiger partial charge in [0.25, 0.3) is 5.69 Å². The summed E-state index contributed by atoms with van der Waals surface area (Å²) in [7, 11) is 0. The molecule has 0 atom stereocenters. The molecule has 17 heavy (non-hydrogen) atoms. The predicted molar refractivity (Wildman–Crippen MR) is 56.1 cm³/mol. The molecule has 0 fully saturated rings. The Bertz CT molecular complexity index is 591. The third kappa shape index (κ3) is 2.05. The first-order valence-corrected chi connectivity index (χ1v) is 4.61. The maximum absolute atomic E-state index is 12.9. The van der Waals surface area contributed by atoms with Crippen LogP contribution >= 0.6 is 0 Å². The van der Waals surface area contributed by atoms with Gasteiger partial charge in [-0.05, 0) is 24.3 Å². The highest BCUT2D eigenvalue weighted by Gasteiger charge is 2.18. The molecule has 0 spiro atoms. The molecule has 5 nitrogen and oxygen atoms in total. The van der Waals surface area contributed by atoms with Crippen LogP contribution in [0.1, 0.15) is 10.6 Å². The van der Waals surface area contributed by atoms with Crippen LogP contribution in [-0.4, -0.2) is 11.2 Å². The quantitative estimate of drug-likeness (QED) is 0.465. The molecular weight excluding hydrogens is 229 g/mol. The van der Waals surface area contributed by atoms with Crippen molar-refractivity contribution in [3.8, 4) is 11.3 Å². The number of carbonyl (C=O) groups excluding carboxylic acids is 1. The second-order valence-electron chi connectivity index (χ2n) is 3.24. The van der Waals surface area contributed by atoms with Crippen molar-refractivity contribution < 1.29 is 18.5 Å². The van der Waals surface area contributed by atoms with E-state index in [1.165, 1.54) is 18.2 Å². The summed E-state index contributed by atoms with van der Waals surface area (Å²) < 4.78 is 18.0. The monoisotopic (exact) mass is 235 g/mol. The zero-order chi connectivity index (χ0) is 12.4. The predicted octanol–water partition coefficient (Wildman–Crippen LogP) is 2.81. The topological polar surface area (TPSA) is 73.3 Å². The molecule has 0 saturated carbocycles. The van der Waals surface area contributed by atoms with Gasteiger partial charge in [-0.25, -0.2) is 4.39 Å². The van der Waals surface area contributed by atoms with Crippen molar-refractivity contribution in [3.63, 3.8) is 0 Å². The van der Waals surface area contributed by atoms with Crippen molar-refractivity contribution in [2.75, 3.05) is 0 Å². The van der Waals surface area contributed by atoms with Gasteiger partial charge in [-0.1, -0.05) is 0 Å². The number of hydrogen-bond donors (Lipinski definition) is 0. The SMILES string of the molecule is O=Cc1ccc(-c2ccc(F)cc2[N+](=O)[O-])o1. The van der Waals surface area contributed by atoms with Gasteiger partial charge in [-0.15, -0.1) is 0 Å². The standard InChI is InChI=1S/C11H6FNO4/c12-7-1-3-9(10(5-7)13(15)16)11-4-2-8(6-14)17-11/h1-6H. The van der Waals surface area contributed by atoms with Gasteiger partial charge >= 0.3 is 0 Å². The van der Waals surface area contributed by atoms with E-state index in [4.69, 9.17) is 4.42 Å². The zero-order valence-electron chi connectivity index (χ0n) is 8.42. The smallest absolute Gasteiger partial charge is 0.283 e. The summed E-state index contributed by atoms with van der Waals surface area (Å²) in [4.78, 5) is 20.5. The maximum Gasteiger partial charge on any atom is 0.283 e. The van der Waals surface area contributed by atoms with Crippen molar-refractivity contribution >= 4 is 12.0 Å². The Morgan fingerprint density at radius 3 is 2.65 bits per heavy atom. The van der Waals surface area contributed by atoms with Gasteiger partial charge in [-0.2, -0.15) is 0 Å². The van der Waals surface area contributed by atoms with E-state index in [-0.39, 0.29) is 17.1 Å². The number of nitro groups is 1. The fraction of sp³-hybridized carbons (Fsp3) is 0. The Morgan fingerprint density at radius 1 is 1.29 bits per heavy atom. The number of hydrogen-bond acceptors (Lipinski definition) is 4. The molecular formula is C11H6FNO4. The molecule has 0 amide bonds. The Morgan fingerprint density at radius 2 is 2.06 bits per heavy atom. The number of benzene rings is 1. The normalized spacial score (nSPS) is 10.2. The number of halogens is 1. The molecule has 0 aliphatic carbocycles. The van der Waals surface area contributed by atoms with Gasteiger partial charge in [-0.3, -0.25) is 14.9 Å². The summed E-state index contributed by atoms with van der Waals surface area (Å²) >= 11 is 0. The lowest BCUT2D eigenvalue weighted by molar-refractivity contribution is -0.384. The van der Waals surface area contributed by atoms with Crippen LogP contribution in [0.15, 0.2) is 34.7 Å². The van der Waals surface area contributed by atoms with E-state index in [0.717, 1.165) is 12.1 Å². The van der Waals surface area contributed by atoms with Gasteiger partial charge in [0.2, 0.25) is 0 Å². The van der Waals surface area contributed by atoms with E-state index in [0.29, 0.717) is 6.29 Å². The lowest BCUT2D eigenvalue weighted by Crippen LogP contribution is -1.92. The van der Waals surface area contributed by atoms with Gasteiger partial charge in [0.15, 0.2) is 12.0 Å². The number of nitro benzene ring substituents is 1. The minimum atomic E-state index is -0.707. The molecule has 6 heteroatoms. The summed E-state index contributed by atoms with van der Waals surface area (Å²) in [5.41, 5.74) is -0.277. The average molecular weight is 235 g/mol. The van der Waals surface area contributed by atoms with Crippen LogP contribution in [0.25, 0.3) is 11.3 Å². The van der Waals surface area contributed by atoms with Gasteiger partial charge in [0.1, 0.15) is 11.6 Å².